The second-order valence-corrected chi connectivity index (χ2v) is 9.55. The first-order chi connectivity index (χ1) is 14.2. The Hall–Kier alpha value is -2.41. The van der Waals surface area contributed by atoms with Gasteiger partial charge < -0.3 is 15.0 Å². The van der Waals surface area contributed by atoms with Crippen LogP contribution >= 0.6 is 11.6 Å². The number of carbonyl (C=O) groups excluding carboxylic acids is 1. The molecule has 1 saturated heterocycles. The lowest BCUT2D eigenvalue weighted by Crippen LogP contribution is -2.36. The minimum atomic E-state index is -0.473. The SMILES string of the molecule is CC(C)(C)OC(=O)N1CC2C[C@@H](Nc3ccc(-c4cc(F)ccc4Cl)nn3)C[C@@H]2C1. The van der Waals surface area contributed by atoms with E-state index in [1.807, 2.05) is 31.7 Å². The van der Waals surface area contributed by atoms with E-state index >= 15 is 0 Å². The van der Waals surface area contributed by atoms with Crippen LogP contribution in [0.5, 0.6) is 0 Å². The van der Waals surface area contributed by atoms with Crippen LogP contribution in [-0.2, 0) is 4.74 Å². The molecule has 2 fully saturated rings. The van der Waals surface area contributed by atoms with Crippen LogP contribution < -0.4 is 5.32 Å². The smallest absolute Gasteiger partial charge is 0.410 e. The number of hydrogen-bond donors (Lipinski definition) is 1. The number of halogens is 2. The number of likely N-dealkylation sites (tertiary alicyclic amines) is 1. The van der Waals surface area contributed by atoms with Crippen molar-refractivity contribution in [2.45, 2.75) is 45.3 Å². The summed E-state index contributed by atoms with van der Waals surface area (Å²) in [4.78, 5) is 14.1. The second-order valence-electron chi connectivity index (χ2n) is 9.15. The van der Waals surface area contributed by atoms with Gasteiger partial charge in [-0.1, -0.05) is 11.6 Å². The van der Waals surface area contributed by atoms with E-state index in [2.05, 4.69) is 15.5 Å². The summed E-state index contributed by atoms with van der Waals surface area (Å²) >= 11 is 6.14. The maximum Gasteiger partial charge on any atom is 0.410 e. The lowest BCUT2D eigenvalue weighted by atomic mass is 10.0. The Balaban J connectivity index is 1.33. The van der Waals surface area contributed by atoms with Gasteiger partial charge in [0.1, 0.15) is 17.2 Å². The van der Waals surface area contributed by atoms with Crippen LogP contribution in [0, 0.1) is 17.7 Å². The van der Waals surface area contributed by atoms with Crippen molar-refractivity contribution in [1.82, 2.24) is 15.1 Å². The first-order valence-electron chi connectivity index (χ1n) is 10.2. The Bertz CT molecular complexity index is 918. The molecule has 2 heterocycles. The highest BCUT2D eigenvalue weighted by Crippen LogP contribution is 2.39. The summed E-state index contributed by atoms with van der Waals surface area (Å²) < 4.78 is 19.0. The maximum atomic E-state index is 13.5. The summed E-state index contributed by atoms with van der Waals surface area (Å²) in [6.07, 6.45) is 1.73. The molecule has 1 amide bonds. The molecule has 2 aromatic rings. The zero-order valence-corrected chi connectivity index (χ0v) is 18.1. The average molecular weight is 433 g/mol. The highest BCUT2D eigenvalue weighted by atomic mass is 35.5. The van der Waals surface area contributed by atoms with Crippen LogP contribution in [0.15, 0.2) is 30.3 Å². The van der Waals surface area contributed by atoms with Gasteiger partial charge in [-0.25, -0.2) is 9.18 Å². The lowest BCUT2D eigenvalue weighted by Gasteiger charge is -2.25. The summed E-state index contributed by atoms with van der Waals surface area (Å²) in [6.45, 7) is 7.13. The van der Waals surface area contributed by atoms with Crippen molar-refractivity contribution in [3.63, 3.8) is 0 Å². The molecule has 30 heavy (non-hydrogen) atoms. The van der Waals surface area contributed by atoms with Gasteiger partial charge in [-0.2, -0.15) is 0 Å². The Labute approximate surface area is 180 Å². The van der Waals surface area contributed by atoms with E-state index in [-0.39, 0.29) is 11.9 Å². The molecular formula is C22H26ClFN4O2. The highest BCUT2D eigenvalue weighted by Gasteiger charge is 2.43. The Morgan fingerprint density at radius 2 is 1.87 bits per heavy atom. The highest BCUT2D eigenvalue weighted by molar-refractivity contribution is 6.33. The van der Waals surface area contributed by atoms with Gasteiger partial charge in [0.2, 0.25) is 0 Å². The summed E-state index contributed by atoms with van der Waals surface area (Å²) in [7, 11) is 0. The third-order valence-corrected chi connectivity index (χ3v) is 5.95. The molecule has 1 aliphatic heterocycles. The predicted octanol–water partition coefficient (Wildman–Crippen LogP) is 4.99. The number of rotatable bonds is 3. The van der Waals surface area contributed by atoms with Gasteiger partial charge in [-0.3, -0.25) is 0 Å². The molecule has 3 atom stereocenters. The van der Waals surface area contributed by atoms with Gasteiger partial charge in [0.15, 0.2) is 0 Å². The first kappa shape index (κ1) is 20.8. The van der Waals surface area contributed by atoms with Crippen LogP contribution in [0.3, 0.4) is 0 Å². The molecule has 1 aromatic heterocycles. The quantitative estimate of drug-likeness (QED) is 0.739. The van der Waals surface area contributed by atoms with Crippen molar-refractivity contribution in [3.8, 4) is 11.3 Å². The lowest BCUT2D eigenvalue weighted by molar-refractivity contribution is 0.0280. The third-order valence-electron chi connectivity index (χ3n) is 5.62. The minimum absolute atomic E-state index is 0.223. The van der Waals surface area contributed by atoms with Gasteiger partial charge in [0.25, 0.3) is 0 Å². The number of benzene rings is 1. The van der Waals surface area contributed by atoms with Crippen molar-refractivity contribution in [2.24, 2.45) is 11.8 Å². The van der Waals surface area contributed by atoms with E-state index < -0.39 is 5.60 Å². The molecule has 0 spiro atoms. The molecular weight excluding hydrogens is 407 g/mol. The summed E-state index contributed by atoms with van der Waals surface area (Å²) in [5, 5.41) is 12.3. The first-order valence-corrected chi connectivity index (χ1v) is 10.6. The summed E-state index contributed by atoms with van der Waals surface area (Å²) in [5.74, 6) is 1.25. The number of ether oxygens (including phenoxy) is 1. The monoisotopic (exact) mass is 432 g/mol. The molecule has 0 bridgehead atoms. The molecule has 0 radical (unpaired) electrons. The molecule has 160 valence electrons. The van der Waals surface area contributed by atoms with Crippen LogP contribution in [0.25, 0.3) is 11.3 Å². The van der Waals surface area contributed by atoms with E-state index in [1.54, 1.807) is 6.07 Å². The van der Waals surface area contributed by atoms with Gasteiger partial charge in [-0.15, -0.1) is 10.2 Å². The summed E-state index contributed by atoms with van der Waals surface area (Å²) in [5.41, 5.74) is 0.578. The maximum absolute atomic E-state index is 13.5. The summed E-state index contributed by atoms with van der Waals surface area (Å²) in [6, 6.07) is 8.10. The molecule has 1 unspecified atom stereocenters. The Kier molecular flexibility index (Phi) is 5.57. The number of nitrogens with one attached hydrogen (secondary N) is 1. The topological polar surface area (TPSA) is 67.3 Å². The Morgan fingerprint density at radius 1 is 1.17 bits per heavy atom. The van der Waals surface area contributed by atoms with Gasteiger partial charge in [0, 0.05) is 24.7 Å². The molecule has 1 saturated carbocycles. The van der Waals surface area contributed by atoms with E-state index in [9.17, 15) is 9.18 Å². The number of hydrogen-bond acceptors (Lipinski definition) is 5. The van der Waals surface area contributed by atoms with Crippen molar-refractivity contribution >= 4 is 23.5 Å². The number of carbonyl (C=O) groups is 1. The van der Waals surface area contributed by atoms with E-state index in [0.29, 0.717) is 40.0 Å². The molecule has 6 nitrogen and oxygen atoms in total. The van der Waals surface area contributed by atoms with Crippen LogP contribution in [0.2, 0.25) is 5.02 Å². The van der Waals surface area contributed by atoms with Crippen LogP contribution in [0.1, 0.15) is 33.6 Å². The van der Waals surface area contributed by atoms with Crippen LogP contribution in [0.4, 0.5) is 15.0 Å². The third kappa shape index (κ3) is 4.67. The zero-order chi connectivity index (χ0) is 21.5. The number of anilines is 1. The predicted molar refractivity (Wildman–Crippen MR) is 114 cm³/mol. The largest absolute Gasteiger partial charge is 0.444 e. The van der Waals surface area contributed by atoms with Crippen LogP contribution in [-0.4, -0.2) is 45.9 Å². The second kappa shape index (κ2) is 8.02. The molecule has 1 aromatic carbocycles. The standard InChI is InChI=1S/C22H26ClFN4O2/c1-22(2,3)30-21(29)28-11-13-8-16(9-14(13)12-28)25-20-7-6-19(26-27-20)17-10-15(24)4-5-18(17)23/h4-7,10,13-14,16H,8-9,11-12H2,1-3H3,(H,25,27)/t13-,14?,16+/m1/s1. The van der Waals surface area contributed by atoms with Gasteiger partial charge >= 0.3 is 6.09 Å². The van der Waals surface area contributed by atoms with Crippen molar-refractivity contribution in [1.29, 1.82) is 0 Å². The van der Waals surface area contributed by atoms with Crippen molar-refractivity contribution in [3.05, 3.63) is 41.2 Å². The fourth-order valence-electron chi connectivity index (χ4n) is 4.35. The normalized spacial score (nSPS) is 23.4. The number of fused-ring (bicyclic) bond motifs is 1. The minimum Gasteiger partial charge on any atom is -0.444 e. The number of nitrogens with zero attached hydrogens (tertiary/aromatic N) is 3. The van der Waals surface area contributed by atoms with E-state index in [4.69, 9.17) is 16.3 Å². The number of amides is 1. The zero-order valence-electron chi connectivity index (χ0n) is 17.4. The molecule has 8 heteroatoms. The average Bonchev–Trinajstić information content (AvgIpc) is 3.22. The molecule has 1 N–H and O–H groups in total. The Morgan fingerprint density at radius 3 is 2.47 bits per heavy atom. The van der Waals surface area contributed by atoms with Crippen molar-refractivity contribution < 1.29 is 13.9 Å². The number of aromatic nitrogens is 2. The molecule has 4 rings (SSSR count). The van der Waals surface area contributed by atoms with E-state index in [1.165, 1.54) is 18.2 Å². The molecule has 1 aliphatic carbocycles. The fraction of sp³-hybridized carbons (Fsp3) is 0.500. The fourth-order valence-corrected chi connectivity index (χ4v) is 4.56. The van der Waals surface area contributed by atoms with Crippen molar-refractivity contribution in [2.75, 3.05) is 18.4 Å². The van der Waals surface area contributed by atoms with Gasteiger partial charge in [0.05, 0.1) is 10.7 Å². The van der Waals surface area contributed by atoms with Gasteiger partial charge in [-0.05, 0) is 75.8 Å². The van der Waals surface area contributed by atoms with E-state index in [0.717, 1.165) is 25.9 Å². The molecule has 2 aliphatic rings.